The maximum atomic E-state index is 12.4. The Morgan fingerprint density at radius 3 is 2.52 bits per heavy atom. The molecule has 1 N–H and O–H groups in total. The fourth-order valence-electron chi connectivity index (χ4n) is 2.18. The molecular weight excluding hydrogens is 268 g/mol. The molecule has 1 saturated heterocycles. The Bertz CT molecular complexity index is 511. The summed E-state index contributed by atoms with van der Waals surface area (Å²) in [5, 5.41) is 2.81. The summed E-state index contributed by atoms with van der Waals surface area (Å²) in [6.07, 6.45) is 0. The highest BCUT2D eigenvalue weighted by atomic mass is 16.5. The molecule has 1 heterocycles. The number of rotatable bonds is 3. The first-order valence-electron chi connectivity index (χ1n) is 7.28. The van der Waals surface area contributed by atoms with Crippen molar-refractivity contribution in [2.45, 2.75) is 26.8 Å². The average molecular weight is 290 g/mol. The number of carbonyl (C=O) groups excluding carboxylic acids is 2. The minimum Gasteiger partial charge on any atom is -0.377 e. The molecule has 0 aliphatic carbocycles. The zero-order valence-corrected chi connectivity index (χ0v) is 12.8. The lowest BCUT2D eigenvalue weighted by molar-refractivity contribution is -0.118. The van der Waals surface area contributed by atoms with Gasteiger partial charge in [-0.05, 0) is 31.2 Å². The highest BCUT2D eigenvalue weighted by molar-refractivity contribution is 5.96. The van der Waals surface area contributed by atoms with Gasteiger partial charge in [-0.15, -0.1) is 0 Å². The number of hydrogen-bond donors (Lipinski definition) is 1. The van der Waals surface area contributed by atoms with Crippen molar-refractivity contribution in [3.8, 4) is 0 Å². The van der Waals surface area contributed by atoms with Crippen LogP contribution in [-0.2, 0) is 9.53 Å². The van der Waals surface area contributed by atoms with Gasteiger partial charge < -0.3 is 15.0 Å². The van der Waals surface area contributed by atoms with Crippen LogP contribution >= 0.6 is 0 Å². The summed E-state index contributed by atoms with van der Waals surface area (Å²) in [6.45, 7) is 7.44. The maximum Gasteiger partial charge on any atom is 0.254 e. The molecule has 1 aromatic rings. The van der Waals surface area contributed by atoms with Crippen LogP contribution in [0.15, 0.2) is 24.3 Å². The SMILES string of the molecule is CC(C)C(=O)Nc1ccc(C(=O)N2CCOCC2C)cc1. The van der Waals surface area contributed by atoms with E-state index in [0.29, 0.717) is 31.0 Å². The summed E-state index contributed by atoms with van der Waals surface area (Å²) < 4.78 is 5.34. The van der Waals surface area contributed by atoms with E-state index < -0.39 is 0 Å². The van der Waals surface area contributed by atoms with Gasteiger partial charge in [0.05, 0.1) is 19.3 Å². The molecule has 1 aromatic carbocycles. The van der Waals surface area contributed by atoms with Gasteiger partial charge in [-0.1, -0.05) is 13.8 Å². The summed E-state index contributed by atoms with van der Waals surface area (Å²) in [4.78, 5) is 25.9. The Hall–Kier alpha value is -1.88. The highest BCUT2D eigenvalue weighted by Gasteiger charge is 2.24. The van der Waals surface area contributed by atoms with Gasteiger partial charge in [0.1, 0.15) is 0 Å². The molecule has 0 radical (unpaired) electrons. The third-order valence-electron chi connectivity index (χ3n) is 3.55. The van der Waals surface area contributed by atoms with Gasteiger partial charge >= 0.3 is 0 Å². The van der Waals surface area contributed by atoms with Crippen molar-refractivity contribution in [1.82, 2.24) is 4.90 Å². The van der Waals surface area contributed by atoms with Crippen molar-refractivity contribution in [3.63, 3.8) is 0 Å². The zero-order chi connectivity index (χ0) is 15.4. The maximum absolute atomic E-state index is 12.4. The van der Waals surface area contributed by atoms with E-state index in [2.05, 4.69) is 5.32 Å². The summed E-state index contributed by atoms with van der Waals surface area (Å²) in [6, 6.07) is 7.12. The Balaban J connectivity index is 2.04. The van der Waals surface area contributed by atoms with Crippen LogP contribution in [-0.4, -0.2) is 42.5 Å². The molecule has 1 unspecified atom stereocenters. The largest absolute Gasteiger partial charge is 0.377 e. The Morgan fingerprint density at radius 2 is 1.95 bits per heavy atom. The van der Waals surface area contributed by atoms with E-state index >= 15 is 0 Å². The van der Waals surface area contributed by atoms with Crippen molar-refractivity contribution < 1.29 is 14.3 Å². The van der Waals surface area contributed by atoms with Crippen LogP contribution in [0.3, 0.4) is 0 Å². The molecular formula is C16H22N2O3. The van der Waals surface area contributed by atoms with E-state index in [-0.39, 0.29) is 23.8 Å². The topological polar surface area (TPSA) is 58.6 Å². The lowest BCUT2D eigenvalue weighted by atomic mass is 10.1. The van der Waals surface area contributed by atoms with E-state index in [1.807, 2.05) is 25.7 Å². The van der Waals surface area contributed by atoms with Gasteiger partial charge in [0.25, 0.3) is 5.91 Å². The van der Waals surface area contributed by atoms with E-state index in [0.717, 1.165) is 0 Å². The molecule has 2 amide bonds. The first-order valence-corrected chi connectivity index (χ1v) is 7.28. The predicted molar refractivity (Wildman–Crippen MR) is 81.2 cm³/mol. The van der Waals surface area contributed by atoms with Crippen LogP contribution < -0.4 is 5.32 Å². The smallest absolute Gasteiger partial charge is 0.254 e. The molecule has 0 aromatic heterocycles. The molecule has 1 atom stereocenters. The second kappa shape index (κ2) is 6.72. The van der Waals surface area contributed by atoms with Gasteiger partial charge in [-0.3, -0.25) is 9.59 Å². The number of carbonyl (C=O) groups is 2. The third-order valence-corrected chi connectivity index (χ3v) is 3.55. The molecule has 1 fully saturated rings. The number of benzene rings is 1. The van der Waals surface area contributed by atoms with E-state index in [9.17, 15) is 9.59 Å². The number of ether oxygens (including phenoxy) is 1. The van der Waals surface area contributed by atoms with Crippen LogP contribution in [0.25, 0.3) is 0 Å². The second-order valence-corrected chi connectivity index (χ2v) is 5.64. The summed E-state index contributed by atoms with van der Waals surface area (Å²) in [5.74, 6) is -0.0936. The van der Waals surface area contributed by atoms with E-state index in [1.54, 1.807) is 24.3 Å². The minimum atomic E-state index is -0.0690. The van der Waals surface area contributed by atoms with Gasteiger partial charge in [0.2, 0.25) is 5.91 Å². The van der Waals surface area contributed by atoms with Crippen molar-refractivity contribution in [1.29, 1.82) is 0 Å². The van der Waals surface area contributed by atoms with Crippen molar-refractivity contribution >= 4 is 17.5 Å². The van der Waals surface area contributed by atoms with Crippen molar-refractivity contribution in [2.24, 2.45) is 5.92 Å². The van der Waals surface area contributed by atoms with Crippen molar-refractivity contribution in [2.75, 3.05) is 25.1 Å². The van der Waals surface area contributed by atoms with Crippen LogP contribution in [0.4, 0.5) is 5.69 Å². The molecule has 21 heavy (non-hydrogen) atoms. The summed E-state index contributed by atoms with van der Waals surface area (Å²) in [7, 11) is 0. The van der Waals surface area contributed by atoms with Crippen LogP contribution in [0, 0.1) is 5.92 Å². The number of amides is 2. The number of hydrogen-bond acceptors (Lipinski definition) is 3. The third kappa shape index (κ3) is 3.82. The average Bonchev–Trinajstić information content (AvgIpc) is 2.47. The van der Waals surface area contributed by atoms with E-state index in [4.69, 9.17) is 4.74 Å². The fraction of sp³-hybridized carbons (Fsp3) is 0.500. The zero-order valence-electron chi connectivity index (χ0n) is 12.8. The Kier molecular flexibility index (Phi) is 4.96. The molecule has 1 aliphatic rings. The van der Waals surface area contributed by atoms with Gasteiger partial charge in [-0.2, -0.15) is 0 Å². The highest BCUT2D eigenvalue weighted by Crippen LogP contribution is 2.15. The van der Waals surface area contributed by atoms with Crippen LogP contribution in [0.5, 0.6) is 0 Å². The van der Waals surface area contributed by atoms with Gasteiger partial charge in [-0.25, -0.2) is 0 Å². The summed E-state index contributed by atoms with van der Waals surface area (Å²) in [5.41, 5.74) is 1.34. The van der Waals surface area contributed by atoms with Crippen molar-refractivity contribution in [3.05, 3.63) is 29.8 Å². The number of nitrogens with zero attached hydrogens (tertiary/aromatic N) is 1. The van der Waals surface area contributed by atoms with E-state index in [1.165, 1.54) is 0 Å². The fourth-order valence-corrected chi connectivity index (χ4v) is 2.18. The molecule has 5 nitrogen and oxygen atoms in total. The molecule has 0 saturated carbocycles. The summed E-state index contributed by atoms with van der Waals surface area (Å²) >= 11 is 0. The first-order chi connectivity index (χ1) is 9.99. The first kappa shape index (κ1) is 15.5. The van der Waals surface area contributed by atoms with Gasteiger partial charge in [0, 0.05) is 23.7 Å². The standard InChI is InChI=1S/C16H22N2O3/c1-11(2)15(19)17-14-6-4-13(5-7-14)16(20)18-8-9-21-10-12(18)3/h4-7,11-12H,8-10H2,1-3H3,(H,17,19). The lowest BCUT2D eigenvalue weighted by Crippen LogP contribution is -2.47. The molecule has 2 rings (SSSR count). The monoisotopic (exact) mass is 290 g/mol. The normalized spacial score (nSPS) is 18.7. The quantitative estimate of drug-likeness (QED) is 0.928. The van der Waals surface area contributed by atoms with Crippen LogP contribution in [0.1, 0.15) is 31.1 Å². The number of morpholine rings is 1. The Morgan fingerprint density at radius 1 is 1.29 bits per heavy atom. The molecule has 5 heteroatoms. The molecule has 0 bridgehead atoms. The predicted octanol–water partition coefficient (Wildman–Crippen LogP) is 2.14. The van der Waals surface area contributed by atoms with Gasteiger partial charge in [0.15, 0.2) is 0 Å². The number of anilines is 1. The van der Waals surface area contributed by atoms with Crippen LogP contribution in [0.2, 0.25) is 0 Å². The molecule has 0 spiro atoms. The molecule has 1 aliphatic heterocycles. The minimum absolute atomic E-state index is 0.00698. The number of nitrogens with one attached hydrogen (secondary N) is 1. The second-order valence-electron chi connectivity index (χ2n) is 5.64. The molecule has 114 valence electrons. The Labute approximate surface area is 125 Å². The lowest BCUT2D eigenvalue weighted by Gasteiger charge is -2.33.